The van der Waals surface area contributed by atoms with Crippen molar-refractivity contribution in [2.45, 2.75) is 32.6 Å². The number of aryl methyl sites for hydroxylation is 1. The van der Waals surface area contributed by atoms with Gasteiger partial charge in [0, 0.05) is 30.2 Å². The third kappa shape index (κ3) is 5.04. The van der Waals surface area contributed by atoms with Gasteiger partial charge in [-0.05, 0) is 56.4 Å². The van der Waals surface area contributed by atoms with Gasteiger partial charge >= 0.3 is 0 Å². The van der Waals surface area contributed by atoms with E-state index in [-0.39, 0.29) is 11.8 Å². The van der Waals surface area contributed by atoms with Crippen molar-refractivity contribution in [1.29, 1.82) is 0 Å². The number of aromatic nitrogens is 2. The van der Waals surface area contributed by atoms with Gasteiger partial charge in [0.2, 0.25) is 5.91 Å². The van der Waals surface area contributed by atoms with Gasteiger partial charge in [0.1, 0.15) is 11.4 Å². The van der Waals surface area contributed by atoms with Crippen LogP contribution in [0.1, 0.15) is 41.9 Å². The van der Waals surface area contributed by atoms with E-state index < -0.39 is 0 Å². The number of amides is 2. The molecule has 1 aliphatic rings. The summed E-state index contributed by atoms with van der Waals surface area (Å²) in [5.41, 5.74) is 1.88. The summed E-state index contributed by atoms with van der Waals surface area (Å²) in [5.74, 6) is 0.723. The first kappa shape index (κ1) is 20.2. The number of carbonyl (C=O) groups is 2. The second-order valence-corrected chi connectivity index (χ2v) is 7.56. The van der Waals surface area contributed by atoms with Crippen molar-refractivity contribution in [2.24, 2.45) is 5.92 Å². The third-order valence-electron chi connectivity index (χ3n) is 4.95. The first-order chi connectivity index (χ1) is 13.5. The maximum Gasteiger partial charge on any atom is 0.274 e. The highest BCUT2D eigenvalue weighted by atomic mass is 35.5. The lowest BCUT2D eigenvalue weighted by Crippen LogP contribution is -2.40. The fourth-order valence-electron chi connectivity index (χ4n) is 3.50. The molecule has 0 spiro atoms. The SMILES string of the molecule is COc1ccc(Cl)cc1NC(=O)CC[C@H]1CCCN(C(=O)c2cc(C)[nH]n2)C1. The van der Waals surface area contributed by atoms with Crippen LogP contribution in [0.25, 0.3) is 0 Å². The number of likely N-dealkylation sites (tertiary alicyclic amines) is 1. The van der Waals surface area contributed by atoms with Crippen LogP contribution in [0.4, 0.5) is 5.69 Å². The molecule has 2 amide bonds. The second-order valence-electron chi connectivity index (χ2n) is 7.13. The van der Waals surface area contributed by atoms with Crippen molar-refractivity contribution in [1.82, 2.24) is 15.1 Å². The number of piperidine rings is 1. The molecule has 0 radical (unpaired) electrons. The number of aromatic amines is 1. The Hall–Kier alpha value is -2.54. The van der Waals surface area contributed by atoms with Crippen LogP contribution in [0.5, 0.6) is 5.75 Å². The number of carbonyl (C=O) groups excluding carboxylic acids is 2. The molecule has 1 saturated heterocycles. The molecule has 0 bridgehead atoms. The topological polar surface area (TPSA) is 87.3 Å². The maximum atomic E-state index is 12.6. The number of hydrogen-bond acceptors (Lipinski definition) is 4. The summed E-state index contributed by atoms with van der Waals surface area (Å²) in [7, 11) is 1.55. The predicted octanol–water partition coefficient (Wildman–Crippen LogP) is 3.65. The number of H-pyrrole nitrogens is 1. The number of anilines is 1. The molecular formula is C20H25ClN4O3. The van der Waals surface area contributed by atoms with E-state index in [1.54, 1.807) is 31.4 Å². The molecule has 1 aromatic carbocycles. The quantitative estimate of drug-likeness (QED) is 0.769. The predicted molar refractivity (Wildman–Crippen MR) is 108 cm³/mol. The van der Waals surface area contributed by atoms with E-state index in [4.69, 9.17) is 16.3 Å². The van der Waals surface area contributed by atoms with E-state index in [2.05, 4.69) is 15.5 Å². The number of halogens is 1. The molecule has 1 atom stereocenters. The van der Waals surface area contributed by atoms with Crippen LogP contribution in [0, 0.1) is 12.8 Å². The minimum Gasteiger partial charge on any atom is -0.495 e. The number of methoxy groups -OCH3 is 1. The summed E-state index contributed by atoms with van der Waals surface area (Å²) in [6.45, 7) is 3.25. The van der Waals surface area contributed by atoms with Crippen LogP contribution in [0.3, 0.4) is 0 Å². The normalized spacial score (nSPS) is 16.7. The number of benzene rings is 1. The Morgan fingerprint density at radius 2 is 2.21 bits per heavy atom. The zero-order chi connectivity index (χ0) is 20.1. The summed E-state index contributed by atoms with van der Waals surface area (Å²) in [6, 6.07) is 6.87. The van der Waals surface area contributed by atoms with E-state index in [1.807, 2.05) is 11.8 Å². The summed E-state index contributed by atoms with van der Waals surface area (Å²) in [5, 5.41) is 10.3. The Morgan fingerprint density at radius 1 is 1.39 bits per heavy atom. The molecule has 8 heteroatoms. The van der Waals surface area contributed by atoms with Crippen molar-refractivity contribution in [3.63, 3.8) is 0 Å². The Labute approximate surface area is 169 Å². The first-order valence-electron chi connectivity index (χ1n) is 9.41. The number of nitrogens with zero attached hydrogens (tertiary/aromatic N) is 2. The molecule has 1 aromatic heterocycles. The molecule has 2 N–H and O–H groups in total. The first-order valence-corrected chi connectivity index (χ1v) is 9.78. The summed E-state index contributed by atoms with van der Waals surface area (Å²) in [4.78, 5) is 26.8. The van der Waals surface area contributed by atoms with Crippen molar-refractivity contribution < 1.29 is 14.3 Å². The zero-order valence-corrected chi connectivity index (χ0v) is 16.9. The molecule has 0 aliphatic carbocycles. The van der Waals surface area contributed by atoms with Crippen LogP contribution < -0.4 is 10.1 Å². The van der Waals surface area contributed by atoms with Gasteiger partial charge in [-0.15, -0.1) is 0 Å². The van der Waals surface area contributed by atoms with Gasteiger partial charge < -0.3 is 15.0 Å². The maximum absolute atomic E-state index is 12.6. The van der Waals surface area contributed by atoms with Crippen LogP contribution in [-0.4, -0.2) is 47.1 Å². The zero-order valence-electron chi connectivity index (χ0n) is 16.1. The Kier molecular flexibility index (Phi) is 6.57. The van der Waals surface area contributed by atoms with Crippen molar-refractivity contribution in [3.05, 3.63) is 40.7 Å². The lowest BCUT2D eigenvalue weighted by Gasteiger charge is -2.32. The van der Waals surface area contributed by atoms with Crippen LogP contribution >= 0.6 is 11.6 Å². The van der Waals surface area contributed by atoms with Crippen molar-refractivity contribution >= 4 is 29.1 Å². The van der Waals surface area contributed by atoms with E-state index in [9.17, 15) is 9.59 Å². The highest BCUT2D eigenvalue weighted by molar-refractivity contribution is 6.31. The Morgan fingerprint density at radius 3 is 2.93 bits per heavy atom. The van der Waals surface area contributed by atoms with E-state index >= 15 is 0 Å². The van der Waals surface area contributed by atoms with Gasteiger partial charge in [0.25, 0.3) is 5.91 Å². The largest absolute Gasteiger partial charge is 0.495 e. The minimum atomic E-state index is -0.0908. The smallest absolute Gasteiger partial charge is 0.274 e. The molecule has 2 heterocycles. The van der Waals surface area contributed by atoms with Crippen LogP contribution in [0.2, 0.25) is 5.02 Å². The summed E-state index contributed by atoms with van der Waals surface area (Å²) in [6.07, 6.45) is 3.04. The molecule has 3 rings (SSSR count). The molecule has 2 aromatic rings. The molecular weight excluding hydrogens is 380 g/mol. The molecule has 0 saturated carbocycles. The highest BCUT2D eigenvalue weighted by Crippen LogP contribution is 2.28. The molecule has 1 fully saturated rings. The Bertz CT molecular complexity index is 852. The Balaban J connectivity index is 1.52. The number of rotatable bonds is 6. The highest BCUT2D eigenvalue weighted by Gasteiger charge is 2.26. The molecule has 28 heavy (non-hydrogen) atoms. The van der Waals surface area contributed by atoms with Gasteiger partial charge in [0.15, 0.2) is 0 Å². The fourth-order valence-corrected chi connectivity index (χ4v) is 3.67. The molecule has 7 nitrogen and oxygen atoms in total. The van der Waals surface area contributed by atoms with Gasteiger partial charge in [-0.2, -0.15) is 5.10 Å². The van der Waals surface area contributed by atoms with Crippen molar-refractivity contribution in [2.75, 3.05) is 25.5 Å². The fraction of sp³-hybridized carbons (Fsp3) is 0.450. The van der Waals surface area contributed by atoms with Crippen molar-refractivity contribution in [3.8, 4) is 5.75 Å². The van der Waals surface area contributed by atoms with E-state index in [1.165, 1.54) is 0 Å². The summed E-state index contributed by atoms with van der Waals surface area (Å²) >= 11 is 6.00. The number of hydrogen-bond donors (Lipinski definition) is 2. The molecule has 1 aliphatic heterocycles. The average molecular weight is 405 g/mol. The van der Waals surface area contributed by atoms with Crippen LogP contribution in [-0.2, 0) is 4.79 Å². The standard InChI is InChI=1S/C20H25ClN4O3/c1-13-10-17(24-23-13)20(27)25-9-3-4-14(12-25)5-8-19(26)22-16-11-15(21)6-7-18(16)28-2/h6-7,10-11,14H,3-5,8-9,12H2,1-2H3,(H,22,26)(H,23,24)/t14-/m1/s1. The minimum absolute atomic E-state index is 0.0536. The molecule has 0 unspecified atom stereocenters. The average Bonchev–Trinajstić information content (AvgIpc) is 3.12. The molecule has 150 valence electrons. The van der Waals surface area contributed by atoms with Crippen LogP contribution in [0.15, 0.2) is 24.3 Å². The van der Waals surface area contributed by atoms with Gasteiger partial charge in [-0.1, -0.05) is 11.6 Å². The summed E-state index contributed by atoms with van der Waals surface area (Å²) < 4.78 is 5.25. The lowest BCUT2D eigenvalue weighted by molar-refractivity contribution is -0.116. The number of ether oxygens (including phenoxy) is 1. The van der Waals surface area contributed by atoms with E-state index in [0.717, 1.165) is 31.5 Å². The lowest BCUT2D eigenvalue weighted by atomic mass is 9.93. The van der Waals surface area contributed by atoms with Gasteiger partial charge in [-0.25, -0.2) is 0 Å². The number of nitrogens with one attached hydrogen (secondary N) is 2. The monoisotopic (exact) mass is 404 g/mol. The second kappa shape index (κ2) is 9.10. The van der Waals surface area contributed by atoms with Gasteiger partial charge in [0.05, 0.1) is 12.8 Å². The van der Waals surface area contributed by atoms with E-state index in [0.29, 0.717) is 41.0 Å². The van der Waals surface area contributed by atoms with Gasteiger partial charge in [-0.3, -0.25) is 14.7 Å². The third-order valence-corrected chi connectivity index (χ3v) is 5.18.